The van der Waals surface area contributed by atoms with Gasteiger partial charge in [0, 0.05) is 19.1 Å². The highest BCUT2D eigenvalue weighted by Gasteiger charge is 2.37. The first-order chi connectivity index (χ1) is 14.9. The third-order valence-electron chi connectivity index (χ3n) is 7.00. The van der Waals surface area contributed by atoms with Crippen LogP contribution in [0, 0.1) is 0 Å². The molecule has 1 aliphatic heterocycles. The molecule has 0 spiro atoms. The summed E-state index contributed by atoms with van der Waals surface area (Å²) in [5, 5.41) is 11.3. The SMILES string of the molecule is CC(C)=CC(CC(C)(C)c1ccc(C(C)(C)Cl)cc1)N1CCC(O)(c2ccccc2)CC1. The second kappa shape index (κ2) is 9.71. The van der Waals surface area contributed by atoms with Crippen LogP contribution in [0.5, 0.6) is 0 Å². The Hall–Kier alpha value is -1.61. The maximum atomic E-state index is 11.3. The summed E-state index contributed by atoms with van der Waals surface area (Å²) in [6.45, 7) is 14.9. The van der Waals surface area contributed by atoms with Crippen molar-refractivity contribution in [2.75, 3.05) is 13.1 Å². The van der Waals surface area contributed by atoms with Crippen molar-refractivity contribution in [3.8, 4) is 0 Å². The standard InChI is InChI=1S/C29H40ClNO/c1-22(2)20-26(21-27(3,4)23-12-14-24(15-13-23)28(5,6)30)31-18-16-29(32,17-19-31)25-10-8-7-9-11-25/h7-15,20,26,32H,16-19,21H2,1-6H3. The molecular formula is C29H40ClNO. The van der Waals surface area contributed by atoms with Gasteiger partial charge in [0.2, 0.25) is 0 Å². The molecule has 32 heavy (non-hydrogen) atoms. The van der Waals surface area contributed by atoms with E-state index in [-0.39, 0.29) is 10.3 Å². The van der Waals surface area contributed by atoms with Gasteiger partial charge >= 0.3 is 0 Å². The topological polar surface area (TPSA) is 23.5 Å². The average Bonchev–Trinajstić information content (AvgIpc) is 2.73. The van der Waals surface area contributed by atoms with E-state index in [1.165, 1.54) is 11.1 Å². The third-order valence-corrected chi connectivity index (χ3v) is 7.22. The molecule has 1 atom stereocenters. The summed E-state index contributed by atoms with van der Waals surface area (Å²) in [4.78, 5) is 2.21. The lowest BCUT2D eigenvalue weighted by atomic mass is 9.77. The summed E-state index contributed by atoms with van der Waals surface area (Å²) in [6.07, 6.45) is 4.98. The highest BCUT2D eigenvalue weighted by molar-refractivity contribution is 6.23. The van der Waals surface area contributed by atoms with Crippen molar-refractivity contribution in [1.82, 2.24) is 4.90 Å². The van der Waals surface area contributed by atoms with Crippen molar-refractivity contribution in [2.24, 2.45) is 0 Å². The van der Waals surface area contributed by atoms with Crippen LogP contribution in [0.4, 0.5) is 0 Å². The molecule has 174 valence electrons. The summed E-state index contributed by atoms with van der Waals surface area (Å²) in [6, 6.07) is 19.3. The zero-order chi connectivity index (χ0) is 23.6. The Balaban J connectivity index is 1.75. The quantitative estimate of drug-likeness (QED) is 0.355. The summed E-state index contributed by atoms with van der Waals surface area (Å²) >= 11 is 6.50. The molecule has 1 heterocycles. The van der Waals surface area contributed by atoms with Gasteiger partial charge in [-0.1, -0.05) is 80.1 Å². The zero-order valence-corrected chi connectivity index (χ0v) is 21.4. The van der Waals surface area contributed by atoms with E-state index in [0.717, 1.165) is 43.5 Å². The highest BCUT2D eigenvalue weighted by atomic mass is 35.5. The Morgan fingerprint density at radius 1 is 0.969 bits per heavy atom. The molecule has 3 rings (SSSR count). The maximum absolute atomic E-state index is 11.3. The summed E-state index contributed by atoms with van der Waals surface area (Å²) < 4.78 is 0. The van der Waals surface area contributed by atoms with Crippen molar-refractivity contribution >= 4 is 11.6 Å². The largest absolute Gasteiger partial charge is 0.385 e. The fourth-order valence-electron chi connectivity index (χ4n) is 4.90. The number of alkyl halides is 1. The number of piperidine rings is 1. The van der Waals surface area contributed by atoms with Crippen LogP contribution in [0.1, 0.15) is 77.5 Å². The van der Waals surface area contributed by atoms with Crippen LogP contribution in [-0.2, 0) is 15.9 Å². The van der Waals surface area contributed by atoms with Crippen molar-refractivity contribution in [3.63, 3.8) is 0 Å². The predicted octanol–water partition coefficient (Wildman–Crippen LogP) is 7.15. The highest BCUT2D eigenvalue weighted by Crippen LogP contribution is 2.37. The number of aliphatic hydroxyl groups is 1. The first-order valence-electron chi connectivity index (χ1n) is 11.9. The minimum absolute atomic E-state index is 0.0266. The normalized spacial score (nSPS) is 18.2. The fraction of sp³-hybridized carbons (Fsp3) is 0.517. The van der Waals surface area contributed by atoms with Crippen LogP contribution >= 0.6 is 11.6 Å². The minimum atomic E-state index is -0.715. The molecule has 1 fully saturated rings. The van der Waals surface area contributed by atoms with Gasteiger partial charge in [-0.15, -0.1) is 11.6 Å². The van der Waals surface area contributed by atoms with Gasteiger partial charge in [0.05, 0.1) is 10.5 Å². The lowest BCUT2D eigenvalue weighted by Crippen LogP contribution is -2.48. The van der Waals surface area contributed by atoms with Gasteiger partial charge in [0.15, 0.2) is 0 Å². The van der Waals surface area contributed by atoms with E-state index >= 15 is 0 Å². The Morgan fingerprint density at radius 2 is 1.50 bits per heavy atom. The van der Waals surface area contributed by atoms with E-state index in [1.54, 1.807) is 0 Å². The molecule has 2 aromatic rings. The van der Waals surface area contributed by atoms with Gasteiger partial charge in [-0.3, -0.25) is 4.90 Å². The molecule has 1 unspecified atom stereocenters. The molecule has 2 aromatic carbocycles. The van der Waals surface area contributed by atoms with E-state index in [9.17, 15) is 5.11 Å². The monoisotopic (exact) mass is 453 g/mol. The van der Waals surface area contributed by atoms with Crippen LogP contribution < -0.4 is 0 Å². The van der Waals surface area contributed by atoms with Gasteiger partial charge in [-0.25, -0.2) is 0 Å². The summed E-state index contributed by atoms with van der Waals surface area (Å²) in [7, 11) is 0. The molecule has 0 amide bonds. The fourth-order valence-corrected chi connectivity index (χ4v) is 5.03. The van der Waals surface area contributed by atoms with Crippen molar-refractivity contribution in [2.45, 2.75) is 82.7 Å². The molecule has 2 nitrogen and oxygen atoms in total. The van der Waals surface area contributed by atoms with Gasteiger partial charge in [0.1, 0.15) is 0 Å². The third kappa shape index (κ3) is 6.04. The minimum Gasteiger partial charge on any atom is -0.385 e. The lowest BCUT2D eigenvalue weighted by molar-refractivity contribution is -0.0334. The number of rotatable bonds is 7. The molecule has 1 saturated heterocycles. The number of likely N-dealkylation sites (tertiary alicyclic amines) is 1. The number of allylic oxidation sites excluding steroid dienone is 1. The average molecular weight is 454 g/mol. The zero-order valence-electron chi connectivity index (χ0n) is 20.7. The van der Waals surface area contributed by atoms with Crippen molar-refractivity contribution < 1.29 is 5.11 Å². The van der Waals surface area contributed by atoms with Gasteiger partial charge < -0.3 is 5.11 Å². The van der Waals surface area contributed by atoms with Crippen LogP contribution in [0.3, 0.4) is 0 Å². The number of halogens is 1. The molecule has 0 radical (unpaired) electrons. The number of nitrogens with zero attached hydrogens (tertiary/aromatic N) is 1. The second-order valence-electron chi connectivity index (χ2n) is 10.9. The Morgan fingerprint density at radius 3 is 2.00 bits per heavy atom. The first kappa shape index (κ1) is 25.0. The molecule has 0 aromatic heterocycles. The van der Waals surface area contributed by atoms with Crippen LogP contribution in [0.25, 0.3) is 0 Å². The molecule has 3 heteroatoms. The molecular weight excluding hydrogens is 414 g/mol. The first-order valence-corrected chi connectivity index (χ1v) is 12.3. The molecule has 1 aliphatic rings. The number of hydrogen-bond acceptors (Lipinski definition) is 2. The number of benzene rings is 2. The van der Waals surface area contributed by atoms with Crippen LogP contribution in [0.2, 0.25) is 0 Å². The van der Waals surface area contributed by atoms with Crippen molar-refractivity contribution in [3.05, 3.63) is 82.9 Å². The van der Waals surface area contributed by atoms with E-state index in [2.05, 4.69) is 75.1 Å². The second-order valence-corrected chi connectivity index (χ2v) is 11.8. The molecule has 0 saturated carbocycles. The van der Waals surface area contributed by atoms with Crippen LogP contribution in [-0.4, -0.2) is 29.1 Å². The van der Waals surface area contributed by atoms with Gasteiger partial charge in [-0.2, -0.15) is 0 Å². The smallest absolute Gasteiger partial charge is 0.0920 e. The van der Waals surface area contributed by atoms with E-state index in [4.69, 9.17) is 11.6 Å². The van der Waals surface area contributed by atoms with Crippen molar-refractivity contribution in [1.29, 1.82) is 0 Å². The van der Waals surface area contributed by atoms with Crippen LogP contribution in [0.15, 0.2) is 66.2 Å². The molecule has 0 bridgehead atoms. The van der Waals surface area contributed by atoms with E-state index in [0.29, 0.717) is 6.04 Å². The number of hydrogen-bond donors (Lipinski definition) is 1. The Labute approximate surface area is 200 Å². The summed E-state index contributed by atoms with van der Waals surface area (Å²) in [5.74, 6) is 0. The predicted molar refractivity (Wildman–Crippen MR) is 137 cm³/mol. The van der Waals surface area contributed by atoms with Gasteiger partial charge in [0.25, 0.3) is 0 Å². The summed E-state index contributed by atoms with van der Waals surface area (Å²) in [5.41, 5.74) is 4.18. The Kier molecular flexibility index (Phi) is 7.59. The Bertz CT molecular complexity index is 896. The van der Waals surface area contributed by atoms with E-state index < -0.39 is 5.60 Å². The van der Waals surface area contributed by atoms with E-state index in [1.807, 2.05) is 32.0 Å². The molecule has 1 N–H and O–H groups in total. The molecule has 0 aliphatic carbocycles. The maximum Gasteiger partial charge on any atom is 0.0920 e. The lowest BCUT2D eigenvalue weighted by Gasteiger charge is -2.43. The van der Waals surface area contributed by atoms with Gasteiger partial charge in [-0.05, 0) is 69.1 Å².